The van der Waals surface area contributed by atoms with Gasteiger partial charge in [-0.2, -0.15) is 0 Å². The Hall–Kier alpha value is -1.10. The van der Waals surface area contributed by atoms with Gasteiger partial charge in [0.25, 0.3) is 0 Å². The van der Waals surface area contributed by atoms with E-state index >= 15 is 0 Å². The number of hydrogen-bond donors (Lipinski definition) is 3. The van der Waals surface area contributed by atoms with Crippen LogP contribution in [-0.4, -0.2) is 37.5 Å². The smallest absolute Gasteiger partial charge is 0.242 e. The van der Waals surface area contributed by atoms with Gasteiger partial charge in [-0.05, 0) is 25.3 Å². The average molecular weight is 227 g/mol. The minimum absolute atomic E-state index is 0.0696. The van der Waals surface area contributed by atoms with E-state index in [0.29, 0.717) is 0 Å². The Morgan fingerprint density at radius 2 is 2.06 bits per heavy atom. The van der Waals surface area contributed by atoms with Crippen molar-refractivity contribution < 1.29 is 9.59 Å². The van der Waals surface area contributed by atoms with Crippen LogP contribution < -0.4 is 16.0 Å². The molecule has 0 aromatic carbocycles. The van der Waals surface area contributed by atoms with E-state index in [9.17, 15) is 9.59 Å². The molecule has 0 radical (unpaired) electrons. The van der Waals surface area contributed by atoms with Crippen LogP contribution in [0, 0.1) is 5.92 Å². The number of rotatable bonds is 4. The van der Waals surface area contributed by atoms with Crippen LogP contribution in [0.15, 0.2) is 0 Å². The van der Waals surface area contributed by atoms with Crippen molar-refractivity contribution in [1.29, 1.82) is 0 Å². The first-order valence-corrected chi connectivity index (χ1v) is 5.81. The molecule has 92 valence electrons. The molecule has 0 bridgehead atoms. The first-order chi connectivity index (χ1) is 7.56. The topological polar surface area (TPSA) is 70.2 Å². The summed E-state index contributed by atoms with van der Waals surface area (Å²) in [5, 5.41) is 8.48. The summed E-state index contributed by atoms with van der Waals surface area (Å²) in [6, 6.07) is -0.578. The molecule has 0 aromatic rings. The monoisotopic (exact) mass is 227 g/mol. The van der Waals surface area contributed by atoms with Gasteiger partial charge in [-0.15, -0.1) is 0 Å². The highest BCUT2D eigenvalue weighted by Crippen LogP contribution is 2.07. The number of nitrogens with one attached hydrogen (secondary N) is 3. The number of amides is 2. The van der Waals surface area contributed by atoms with E-state index in [2.05, 4.69) is 16.0 Å². The second-order valence-corrected chi connectivity index (χ2v) is 4.49. The van der Waals surface area contributed by atoms with E-state index in [0.717, 1.165) is 19.4 Å². The van der Waals surface area contributed by atoms with E-state index in [1.165, 1.54) is 0 Å². The van der Waals surface area contributed by atoms with E-state index in [-0.39, 0.29) is 23.8 Å². The second-order valence-electron chi connectivity index (χ2n) is 4.49. The Labute approximate surface area is 96.4 Å². The van der Waals surface area contributed by atoms with Crippen molar-refractivity contribution in [3.63, 3.8) is 0 Å². The maximum absolute atomic E-state index is 11.8. The largest absolute Gasteiger partial charge is 0.357 e. The molecule has 2 amide bonds. The second kappa shape index (κ2) is 5.84. The van der Waals surface area contributed by atoms with Crippen molar-refractivity contribution in [2.45, 2.75) is 38.8 Å². The van der Waals surface area contributed by atoms with Gasteiger partial charge in [0.2, 0.25) is 11.8 Å². The molecule has 3 N–H and O–H groups in total. The minimum Gasteiger partial charge on any atom is -0.357 e. The lowest BCUT2D eigenvalue weighted by Gasteiger charge is -2.22. The summed E-state index contributed by atoms with van der Waals surface area (Å²) >= 11 is 0. The summed E-state index contributed by atoms with van der Waals surface area (Å²) in [4.78, 5) is 23.4. The molecule has 0 saturated carbocycles. The normalized spacial score (nSPS) is 21.9. The first-order valence-electron chi connectivity index (χ1n) is 5.81. The van der Waals surface area contributed by atoms with Crippen LogP contribution in [-0.2, 0) is 9.59 Å². The van der Waals surface area contributed by atoms with Crippen LogP contribution in [0.5, 0.6) is 0 Å². The molecule has 1 heterocycles. The summed E-state index contributed by atoms with van der Waals surface area (Å²) in [5.74, 6) is -0.119. The molecule has 2 atom stereocenters. The minimum atomic E-state index is -0.445. The van der Waals surface area contributed by atoms with Crippen LogP contribution in [0.25, 0.3) is 0 Å². The molecular weight excluding hydrogens is 206 g/mol. The van der Waals surface area contributed by atoms with Gasteiger partial charge < -0.3 is 16.0 Å². The van der Waals surface area contributed by atoms with Crippen LogP contribution in [0.4, 0.5) is 0 Å². The van der Waals surface area contributed by atoms with Crippen molar-refractivity contribution in [1.82, 2.24) is 16.0 Å². The molecule has 0 spiro atoms. The van der Waals surface area contributed by atoms with E-state index in [1.807, 2.05) is 13.8 Å². The Morgan fingerprint density at radius 3 is 2.50 bits per heavy atom. The molecule has 1 aliphatic heterocycles. The number of carbonyl (C=O) groups is 2. The molecule has 5 heteroatoms. The van der Waals surface area contributed by atoms with E-state index in [1.54, 1.807) is 7.05 Å². The summed E-state index contributed by atoms with van der Waals surface area (Å²) < 4.78 is 0. The fraction of sp³-hybridized carbons (Fsp3) is 0.818. The van der Waals surface area contributed by atoms with Crippen LogP contribution >= 0.6 is 0 Å². The molecule has 0 aliphatic carbocycles. The summed E-state index contributed by atoms with van der Waals surface area (Å²) in [6.07, 6.45) is 1.87. The average Bonchev–Trinajstić information content (AvgIpc) is 2.77. The van der Waals surface area contributed by atoms with Gasteiger partial charge >= 0.3 is 0 Å². The maximum atomic E-state index is 11.8. The highest BCUT2D eigenvalue weighted by atomic mass is 16.2. The van der Waals surface area contributed by atoms with Crippen LogP contribution in [0.3, 0.4) is 0 Å². The zero-order chi connectivity index (χ0) is 12.1. The van der Waals surface area contributed by atoms with Gasteiger partial charge in [-0.3, -0.25) is 9.59 Å². The van der Waals surface area contributed by atoms with Crippen LogP contribution in [0.1, 0.15) is 26.7 Å². The summed E-state index contributed by atoms with van der Waals surface area (Å²) in [7, 11) is 1.58. The molecule has 1 saturated heterocycles. The van der Waals surface area contributed by atoms with Crippen molar-refractivity contribution in [3.8, 4) is 0 Å². The quantitative estimate of drug-likeness (QED) is 0.613. The fourth-order valence-corrected chi connectivity index (χ4v) is 1.85. The van der Waals surface area contributed by atoms with Gasteiger partial charge in [0.15, 0.2) is 0 Å². The SMILES string of the molecule is CNC(=O)C(NC(=O)C1CCCN1)C(C)C. The molecular formula is C11H21N3O2. The molecule has 1 rings (SSSR count). The van der Waals surface area contributed by atoms with Gasteiger partial charge in [-0.25, -0.2) is 0 Å². The predicted octanol–water partition coefficient (Wildman–Crippen LogP) is -0.375. The number of likely N-dealkylation sites (N-methyl/N-ethyl adjacent to an activating group) is 1. The van der Waals surface area contributed by atoms with Gasteiger partial charge in [-0.1, -0.05) is 13.8 Å². The lowest BCUT2D eigenvalue weighted by molar-refractivity contribution is -0.130. The Balaban J connectivity index is 2.53. The standard InChI is InChI=1S/C11H21N3O2/c1-7(2)9(11(16)12-3)14-10(15)8-5-4-6-13-8/h7-9,13H,4-6H2,1-3H3,(H,12,16)(H,14,15). The maximum Gasteiger partial charge on any atom is 0.242 e. The lowest BCUT2D eigenvalue weighted by atomic mass is 10.0. The third-order valence-electron chi connectivity index (χ3n) is 2.87. The Morgan fingerprint density at radius 1 is 1.38 bits per heavy atom. The molecule has 0 aromatic heterocycles. The predicted molar refractivity (Wildman–Crippen MR) is 61.9 cm³/mol. The highest BCUT2D eigenvalue weighted by molar-refractivity contribution is 5.89. The highest BCUT2D eigenvalue weighted by Gasteiger charge is 2.28. The van der Waals surface area contributed by atoms with Gasteiger partial charge in [0.05, 0.1) is 6.04 Å². The van der Waals surface area contributed by atoms with Crippen LogP contribution in [0.2, 0.25) is 0 Å². The fourth-order valence-electron chi connectivity index (χ4n) is 1.85. The third-order valence-corrected chi connectivity index (χ3v) is 2.87. The first kappa shape index (κ1) is 13.0. The number of carbonyl (C=O) groups excluding carboxylic acids is 2. The van der Waals surface area contributed by atoms with Crippen molar-refractivity contribution in [2.24, 2.45) is 5.92 Å². The van der Waals surface area contributed by atoms with Gasteiger partial charge in [0.1, 0.15) is 6.04 Å². The zero-order valence-electron chi connectivity index (χ0n) is 10.2. The molecule has 2 unspecified atom stereocenters. The third kappa shape index (κ3) is 3.20. The lowest BCUT2D eigenvalue weighted by Crippen LogP contribution is -2.53. The molecule has 1 aliphatic rings. The Kier molecular flexibility index (Phi) is 4.73. The zero-order valence-corrected chi connectivity index (χ0v) is 10.2. The molecule has 1 fully saturated rings. The van der Waals surface area contributed by atoms with Gasteiger partial charge in [0, 0.05) is 7.05 Å². The van der Waals surface area contributed by atoms with Crippen molar-refractivity contribution in [3.05, 3.63) is 0 Å². The summed E-state index contributed by atoms with van der Waals surface area (Å²) in [6.45, 7) is 4.72. The van der Waals surface area contributed by atoms with Crippen molar-refractivity contribution in [2.75, 3.05) is 13.6 Å². The van der Waals surface area contributed by atoms with E-state index in [4.69, 9.17) is 0 Å². The molecule has 16 heavy (non-hydrogen) atoms. The number of hydrogen-bond acceptors (Lipinski definition) is 3. The Bertz CT molecular complexity index is 260. The van der Waals surface area contributed by atoms with E-state index < -0.39 is 6.04 Å². The van der Waals surface area contributed by atoms with Crippen molar-refractivity contribution >= 4 is 11.8 Å². The summed E-state index contributed by atoms with van der Waals surface area (Å²) in [5.41, 5.74) is 0. The molecule has 5 nitrogen and oxygen atoms in total.